The fourth-order valence-corrected chi connectivity index (χ4v) is 3.67. The van der Waals surface area contributed by atoms with Crippen LogP contribution < -0.4 is 0 Å². The highest BCUT2D eigenvalue weighted by Crippen LogP contribution is 2.24. The van der Waals surface area contributed by atoms with E-state index in [0.717, 1.165) is 20.2 Å². The Balaban J connectivity index is 1.86. The van der Waals surface area contributed by atoms with Crippen LogP contribution in [0.15, 0.2) is 30.6 Å². The van der Waals surface area contributed by atoms with Gasteiger partial charge in [0.1, 0.15) is 0 Å². The van der Waals surface area contributed by atoms with Crippen molar-refractivity contribution >= 4 is 39.9 Å². The van der Waals surface area contributed by atoms with Crippen molar-refractivity contribution < 1.29 is 4.79 Å². The highest BCUT2D eigenvalue weighted by molar-refractivity contribution is 7.16. The molecule has 3 aromatic rings. The van der Waals surface area contributed by atoms with Gasteiger partial charge in [-0.25, -0.2) is 9.67 Å². The Morgan fingerprint density at radius 1 is 1.38 bits per heavy atom. The summed E-state index contributed by atoms with van der Waals surface area (Å²) in [7, 11) is 0. The van der Waals surface area contributed by atoms with Gasteiger partial charge in [-0.2, -0.15) is 5.10 Å². The maximum atomic E-state index is 12.8. The summed E-state index contributed by atoms with van der Waals surface area (Å²) in [6, 6.07) is 5.90. The van der Waals surface area contributed by atoms with E-state index in [0.29, 0.717) is 18.7 Å². The third-order valence-electron chi connectivity index (χ3n) is 3.81. The first-order valence-corrected chi connectivity index (χ1v) is 9.05. The molecule has 3 heterocycles. The van der Waals surface area contributed by atoms with E-state index in [1.54, 1.807) is 17.3 Å². The van der Waals surface area contributed by atoms with Gasteiger partial charge in [-0.15, -0.1) is 11.3 Å². The number of carbonyl (C=O) groups is 1. The van der Waals surface area contributed by atoms with Crippen LogP contribution in [0.3, 0.4) is 0 Å². The average molecular weight is 363 g/mol. The Bertz CT molecular complexity index is 870. The quantitative estimate of drug-likeness (QED) is 0.676. The van der Waals surface area contributed by atoms with Crippen LogP contribution in [0.2, 0.25) is 4.34 Å². The number of halogens is 1. The molecule has 0 saturated carbocycles. The van der Waals surface area contributed by atoms with Gasteiger partial charge in [-0.3, -0.25) is 4.79 Å². The van der Waals surface area contributed by atoms with E-state index >= 15 is 0 Å². The topological polar surface area (TPSA) is 51.0 Å². The van der Waals surface area contributed by atoms with Gasteiger partial charge in [0.05, 0.1) is 22.6 Å². The molecule has 5 nitrogen and oxygen atoms in total. The number of aromatic nitrogens is 3. The lowest BCUT2D eigenvalue weighted by Gasteiger charge is -2.20. The number of nitrogens with zero attached hydrogens (tertiary/aromatic N) is 4. The third kappa shape index (κ3) is 3.30. The monoisotopic (exact) mass is 362 g/mol. The summed E-state index contributed by atoms with van der Waals surface area (Å²) in [5.41, 5.74) is 1.38. The van der Waals surface area contributed by atoms with Gasteiger partial charge in [-0.1, -0.05) is 11.6 Å². The van der Waals surface area contributed by atoms with Crippen molar-refractivity contribution in [3.8, 4) is 0 Å². The van der Waals surface area contributed by atoms with Crippen LogP contribution in [-0.2, 0) is 6.54 Å². The second-order valence-corrected chi connectivity index (χ2v) is 7.64. The van der Waals surface area contributed by atoms with E-state index in [9.17, 15) is 4.79 Å². The van der Waals surface area contributed by atoms with E-state index < -0.39 is 0 Å². The fourth-order valence-electron chi connectivity index (χ4n) is 2.57. The number of pyridine rings is 1. The van der Waals surface area contributed by atoms with Crippen molar-refractivity contribution in [2.45, 2.75) is 33.4 Å². The maximum Gasteiger partial charge on any atom is 0.255 e. The zero-order chi connectivity index (χ0) is 17.3. The molecule has 0 aromatic carbocycles. The van der Waals surface area contributed by atoms with E-state index in [-0.39, 0.29) is 11.9 Å². The second kappa shape index (κ2) is 6.91. The van der Waals surface area contributed by atoms with Crippen molar-refractivity contribution in [2.24, 2.45) is 0 Å². The standard InChI is InChI=1S/C17H19ClN4OS/c1-4-21(10-14-5-6-15(18)24-14)17(23)13-7-12-9-20-22(11(2)3)16(12)19-8-13/h5-9,11H,4,10H2,1-3H3. The van der Waals surface area contributed by atoms with Crippen molar-refractivity contribution in [2.75, 3.05) is 6.54 Å². The average Bonchev–Trinajstić information content (AvgIpc) is 3.17. The zero-order valence-corrected chi connectivity index (χ0v) is 15.4. The van der Waals surface area contributed by atoms with Crippen molar-refractivity contribution in [1.29, 1.82) is 0 Å². The summed E-state index contributed by atoms with van der Waals surface area (Å²) in [4.78, 5) is 20.1. The largest absolute Gasteiger partial charge is 0.334 e. The van der Waals surface area contributed by atoms with Crippen LogP contribution in [0.5, 0.6) is 0 Å². The third-order valence-corrected chi connectivity index (χ3v) is 5.03. The highest BCUT2D eigenvalue weighted by Gasteiger charge is 2.17. The molecular weight excluding hydrogens is 344 g/mol. The predicted octanol–water partition coefficient (Wildman–Crippen LogP) is 4.39. The van der Waals surface area contributed by atoms with Crippen LogP contribution >= 0.6 is 22.9 Å². The molecule has 0 N–H and O–H groups in total. The first kappa shape index (κ1) is 16.9. The Kier molecular flexibility index (Phi) is 4.87. The summed E-state index contributed by atoms with van der Waals surface area (Å²) in [5.74, 6) is -0.0336. The van der Waals surface area contributed by atoms with Gasteiger partial charge in [0.25, 0.3) is 5.91 Å². The van der Waals surface area contributed by atoms with Crippen LogP contribution in [0.4, 0.5) is 0 Å². The molecule has 0 bridgehead atoms. The number of thiophene rings is 1. The Morgan fingerprint density at radius 2 is 2.17 bits per heavy atom. The van der Waals surface area contributed by atoms with Crippen LogP contribution in [0.1, 0.15) is 42.0 Å². The number of hydrogen-bond acceptors (Lipinski definition) is 4. The number of amides is 1. The number of carbonyl (C=O) groups excluding carboxylic acids is 1. The molecule has 3 aromatic heterocycles. The van der Waals surface area contributed by atoms with Gasteiger partial charge < -0.3 is 4.90 Å². The molecule has 7 heteroatoms. The molecule has 0 fully saturated rings. The SMILES string of the molecule is CCN(Cc1ccc(Cl)s1)C(=O)c1cnc2c(cnn2C(C)C)c1. The van der Waals surface area contributed by atoms with Crippen LogP contribution in [0, 0.1) is 0 Å². The molecule has 0 saturated heterocycles. The fraction of sp³-hybridized carbons (Fsp3) is 0.353. The van der Waals surface area contributed by atoms with E-state index in [1.807, 2.05) is 29.8 Å². The maximum absolute atomic E-state index is 12.8. The van der Waals surface area contributed by atoms with Gasteiger partial charge in [-0.05, 0) is 39.0 Å². The summed E-state index contributed by atoms with van der Waals surface area (Å²) in [6.45, 7) is 7.25. The highest BCUT2D eigenvalue weighted by atomic mass is 35.5. The molecule has 3 rings (SSSR count). The molecule has 0 aliphatic rings. The molecule has 0 atom stereocenters. The number of rotatable bonds is 5. The summed E-state index contributed by atoms with van der Waals surface area (Å²) < 4.78 is 2.59. The summed E-state index contributed by atoms with van der Waals surface area (Å²) >= 11 is 7.47. The van der Waals surface area contributed by atoms with Crippen LogP contribution in [0.25, 0.3) is 11.0 Å². The Hall–Kier alpha value is -1.92. The Morgan fingerprint density at radius 3 is 2.79 bits per heavy atom. The van der Waals surface area contributed by atoms with Crippen molar-refractivity contribution in [3.05, 3.63) is 45.4 Å². The van der Waals surface area contributed by atoms with Crippen molar-refractivity contribution in [3.63, 3.8) is 0 Å². The van der Waals surface area contributed by atoms with Gasteiger partial charge in [0, 0.05) is 29.0 Å². The molecule has 24 heavy (non-hydrogen) atoms. The van der Waals surface area contributed by atoms with Gasteiger partial charge in [0.2, 0.25) is 0 Å². The smallest absolute Gasteiger partial charge is 0.255 e. The molecule has 0 spiro atoms. The lowest BCUT2D eigenvalue weighted by molar-refractivity contribution is 0.0754. The first-order valence-electron chi connectivity index (χ1n) is 7.86. The van der Waals surface area contributed by atoms with Gasteiger partial charge >= 0.3 is 0 Å². The lowest BCUT2D eigenvalue weighted by atomic mass is 10.2. The Labute approximate surface area is 149 Å². The van der Waals surface area contributed by atoms with E-state index in [1.165, 1.54) is 11.3 Å². The van der Waals surface area contributed by atoms with Crippen LogP contribution in [-0.4, -0.2) is 32.1 Å². The number of hydrogen-bond donors (Lipinski definition) is 0. The first-order chi connectivity index (χ1) is 11.5. The van der Waals surface area contributed by atoms with E-state index in [2.05, 4.69) is 23.9 Å². The molecule has 0 aliphatic heterocycles. The minimum atomic E-state index is -0.0336. The lowest BCUT2D eigenvalue weighted by Crippen LogP contribution is -2.30. The molecule has 1 amide bonds. The van der Waals surface area contributed by atoms with Gasteiger partial charge in [0.15, 0.2) is 5.65 Å². The summed E-state index contributed by atoms with van der Waals surface area (Å²) in [6.07, 6.45) is 3.39. The summed E-state index contributed by atoms with van der Waals surface area (Å²) in [5, 5.41) is 5.23. The normalized spacial score (nSPS) is 11.4. The number of fused-ring (bicyclic) bond motifs is 1. The molecule has 0 unspecified atom stereocenters. The van der Waals surface area contributed by atoms with E-state index in [4.69, 9.17) is 11.6 Å². The molecule has 0 aliphatic carbocycles. The molecule has 126 valence electrons. The predicted molar refractivity (Wildman–Crippen MR) is 97.7 cm³/mol. The minimum Gasteiger partial charge on any atom is -0.334 e. The molecular formula is C17H19ClN4OS. The molecule has 0 radical (unpaired) electrons. The minimum absolute atomic E-state index is 0.0336. The zero-order valence-electron chi connectivity index (χ0n) is 13.9. The second-order valence-electron chi connectivity index (χ2n) is 5.84. The van der Waals surface area contributed by atoms with Crippen molar-refractivity contribution in [1.82, 2.24) is 19.7 Å².